The molecule has 2 aromatic rings. The minimum absolute atomic E-state index is 0.0172. The summed E-state index contributed by atoms with van der Waals surface area (Å²) in [5, 5.41) is 6.54. The first kappa shape index (κ1) is 18.5. The number of nitrogens with one attached hydrogen (secondary N) is 1. The lowest BCUT2D eigenvalue weighted by Crippen LogP contribution is -2.37. The van der Waals surface area contributed by atoms with Gasteiger partial charge in [-0.1, -0.05) is 17.7 Å². The molecule has 6 nitrogen and oxygen atoms in total. The minimum atomic E-state index is -2.65. The van der Waals surface area contributed by atoms with E-state index in [0.29, 0.717) is 24.9 Å². The third kappa shape index (κ3) is 3.77. The molecule has 1 unspecified atom stereocenters. The van der Waals surface area contributed by atoms with Crippen molar-refractivity contribution < 1.29 is 18.0 Å². The van der Waals surface area contributed by atoms with E-state index in [2.05, 4.69) is 10.4 Å². The fourth-order valence-electron chi connectivity index (χ4n) is 2.97. The lowest BCUT2D eigenvalue weighted by molar-refractivity contribution is -0.123. The summed E-state index contributed by atoms with van der Waals surface area (Å²) in [6, 6.07) is 3.82. The quantitative estimate of drug-likeness (QED) is 0.853. The highest BCUT2D eigenvalue weighted by molar-refractivity contribution is 6.31. The van der Waals surface area contributed by atoms with E-state index < -0.39 is 36.3 Å². The van der Waals surface area contributed by atoms with Crippen LogP contribution in [0.15, 0.2) is 23.0 Å². The summed E-state index contributed by atoms with van der Waals surface area (Å²) in [7, 11) is 0. The van der Waals surface area contributed by atoms with Gasteiger partial charge in [-0.25, -0.2) is 22.6 Å². The molecule has 26 heavy (non-hydrogen) atoms. The number of benzene rings is 1. The number of nitrogens with zero attached hydrogens (tertiary/aromatic N) is 3. The number of rotatable bonds is 5. The standard InChI is InChI=1S/C16H16ClF3N4O2/c17-12-6-10(18)4-3-9(12)8-24-16(26)23-5-1-2-11(14(23)22-24)15(25)21-7-13(19)20/h3-4,6,11,13H,1-2,5,7-8H2,(H,21,25). The minimum Gasteiger partial charge on any atom is -0.350 e. The number of fused-ring (bicyclic) bond motifs is 1. The summed E-state index contributed by atoms with van der Waals surface area (Å²) < 4.78 is 40.3. The zero-order valence-electron chi connectivity index (χ0n) is 13.6. The predicted molar refractivity (Wildman–Crippen MR) is 88.0 cm³/mol. The lowest BCUT2D eigenvalue weighted by Gasteiger charge is -2.21. The molecule has 10 heteroatoms. The Bertz CT molecular complexity index is 881. The number of hydrogen-bond donors (Lipinski definition) is 1. The summed E-state index contributed by atoms with van der Waals surface area (Å²) in [6.07, 6.45) is -1.67. The molecule has 1 aliphatic rings. The number of carbonyl (C=O) groups is 1. The van der Waals surface area contributed by atoms with Crippen LogP contribution in [0.1, 0.15) is 30.1 Å². The summed E-state index contributed by atoms with van der Waals surface area (Å²) >= 11 is 5.98. The molecule has 1 aliphatic heterocycles. The van der Waals surface area contributed by atoms with Crippen LogP contribution in [0.5, 0.6) is 0 Å². The van der Waals surface area contributed by atoms with Crippen molar-refractivity contribution in [2.24, 2.45) is 0 Å². The predicted octanol–water partition coefficient (Wildman–Crippen LogP) is 2.14. The Morgan fingerprint density at radius 3 is 2.88 bits per heavy atom. The van der Waals surface area contributed by atoms with Crippen LogP contribution >= 0.6 is 11.6 Å². The van der Waals surface area contributed by atoms with Crippen LogP contribution in [0, 0.1) is 5.82 Å². The SMILES string of the molecule is O=C(NCC(F)F)C1CCCn2c1nn(Cc1ccc(F)cc1Cl)c2=O. The molecule has 0 fully saturated rings. The molecule has 0 bridgehead atoms. The van der Waals surface area contributed by atoms with Gasteiger partial charge in [0.15, 0.2) is 0 Å². The third-order valence-electron chi connectivity index (χ3n) is 4.22. The van der Waals surface area contributed by atoms with Crippen LogP contribution in [0.3, 0.4) is 0 Å². The van der Waals surface area contributed by atoms with Crippen molar-refractivity contribution in [3.8, 4) is 0 Å². The summed E-state index contributed by atoms with van der Waals surface area (Å²) in [4.78, 5) is 24.7. The molecule has 140 valence electrons. The molecular formula is C16H16ClF3N4O2. The molecular weight excluding hydrogens is 373 g/mol. The molecule has 0 spiro atoms. The Labute approximate surface area is 151 Å². The molecule has 1 aromatic heterocycles. The Balaban J connectivity index is 1.87. The van der Waals surface area contributed by atoms with Crippen molar-refractivity contribution in [3.63, 3.8) is 0 Å². The summed E-state index contributed by atoms with van der Waals surface area (Å²) in [5.41, 5.74) is 0.0797. The van der Waals surface area contributed by atoms with Crippen LogP contribution in [0.25, 0.3) is 0 Å². The fraction of sp³-hybridized carbons (Fsp3) is 0.438. The highest BCUT2D eigenvalue weighted by Crippen LogP contribution is 2.25. The van der Waals surface area contributed by atoms with E-state index in [1.165, 1.54) is 16.7 Å². The number of halogens is 4. The maximum absolute atomic E-state index is 13.2. The highest BCUT2D eigenvalue weighted by Gasteiger charge is 2.31. The average Bonchev–Trinajstić information content (AvgIpc) is 2.91. The Morgan fingerprint density at radius 1 is 1.42 bits per heavy atom. The topological polar surface area (TPSA) is 68.9 Å². The van der Waals surface area contributed by atoms with Crippen LogP contribution < -0.4 is 11.0 Å². The smallest absolute Gasteiger partial charge is 0.346 e. The second-order valence-corrected chi connectivity index (χ2v) is 6.42. The molecule has 0 radical (unpaired) electrons. The van der Waals surface area contributed by atoms with Gasteiger partial charge < -0.3 is 5.32 Å². The van der Waals surface area contributed by atoms with E-state index >= 15 is 0 Å². The average molecular weight is 389 g/mol. The van der Waals surface area contributed by atoms with Crippen molar-refractivity contribution in [2.45, 2.75) is 38.3 Å². The molecule has 2 heterocycles. The van der Waals surface area contributed by atoms with Gasteiger partial charge in [-0.15, -0.1) is 0 Å². The van der Waals surface area contributed by atoms with Crippen molar-refractivity contribution in [1.29, 1.82) is 0 Å². The van der Waals surface area contributed by atoms with E-state index in [1.807, 2.05) is 0 Å². The van der Waals surface area contributed by atoms with Gasteiger partial charge in [0, 0.05) is 11.6 Å². The van der Waals surface area contributed by atoms with E-state index in [9.17, 15) is 22.8 Å². The van der Waals surface area contributed by atoms with Crippen LogP contribution in [0.4, 0.5) is 13.2 Å². The van der Waals surface area contributed by atoms with Crippen molar-refractivity contribution in [2.75, 3.05) is 6.54 Å². The molecule has 1 amide bonds. The molecule has 0 saturated carbocycles. The highest BCUT2D eigenvalue weighted by atomic mass is 35.5. The van der Waals surface area contributed by atoms with E-state index in [1.54, 1.807) is 0 Å². The van der Waals surface area contributed by atoms with Gasteiger partial charge in [-0.3, -0.25) is 9.36 Å². The monoisotopic (exact) mass is 388 g/mol. The molecule has 0 aliphatic carbocycles. The molecule has 3 rings (SSSR count). The number of carbonyl (C=O) groups excluding carboxylic acids is 1. The van der Waals surface area contributed by atoms with Crippen molar-refractivity contribution in [1.82, 2.24) is 19.7 Å². The van der Waals surface area contributed by atoms with Gasteiger partial charge in [0.1, 0.15) is 11.6 Å². The number of hydrogen-bond acceptors (Lipinski definition) is 3. The fourth-order valence-corrected chi connectivity index (χ4v) is 3.20. The second-order valence-electron chi connectivity index (χ2n) is 6.02. The van der Waals surface area contributed by atoms with Gasteiger partial charge in [-0.05, 0) is 30.5 Å². The molecule has 1 N–H and O–H groups in total. The zero-order valence-corrected chi connectivity index (χ0v) is 14.3. The first-order chi connectivity index (χ1) is 12.4. The molecule has 0 saturated heterocycles. The zero-order chi connectivity index (χ0) is 18.8. The Morgan fingerprint density at radius 2 is 2.19 bits per heavy atom. The normalized spacial score (nSPS) is 16.6. The largest absolute Gasteiger partial charge is 0.350 e. The summed E-state index contributed by atoms with van der Waals surface area (Å²) in [5.74, 6) is -1.60. The Hall–Kier alpha value is -2.29. The first-order valence-corrected chi connectivity index (χ1v) is 8.42. The Kier molecular flexibility index (Phi) is 5.36. The van der Waals surface area contributed by atoms with Gasteiger partial charge in [0.2, 0.25) is 5.91 Å². The van der Waals surface area contributed by atoms with E-state index in [-0.39, 0.29) is 17.4 Å². The second kappa shape index (κ2) is 7.53. The van der Waals surface area contributed by atoms with E-state index in [0.717, 1.165) is 10.7 Å². The first-order valence-electron chi connectivity index (χ1n) is 8.04. The number of alkyl halides is 2. The lowest BCUT2D eigenvalue weighted by atomic mass is 9.98. The van der Waals surface area contributed by atoms with Crippen molar-refractivity contribution in [3.05, 3.63) is 50.9 Å². The maximum atomic E-state index is 13.2. The maximum Gasteiger partial charge on any atom is 0.346 e. The van der Waals surface area contributed by atoms with Crippen LogP contribution in [0.2, 0.25) is 5.02 Å². The molecule has 1 aromatic carbocycles. The van der Waals surface area contributed by atoms with Gasteiger partial charge in [0.25, 0.3) is 6.43 Å². The van der Waals surface area contributed by atoms with Gasteiger partial charge >= 0.3 is 5.69 Å². The summed E-state index contributed by atoms with van der Waals surface area (Å²) in [6.45, 7) is -0.335. The van der Waals surface area contributed by atoms with Crippen molar-refractivity contribution >= 4 is 17.5 Å². The van der Waals surface area contributed by atoms with Gasteiger partial charge in [-0.2, -0.15) is 5.10 Å². The number of aromatic nitrogens is 3. The third-order valence-corrected chi connectivity index (χ3v) is 4.57. The van der Waals surface area contributed by atoms with E-state index in [4.69, 9.17) is 11.6 Å². The van der Waals surface area contributed by atoms with Crippen LogP contribution in [-0.4, -0.2) is 33.2 Å². The van der Waals surface area contributed by atoms with Gasteiger partial charge in [0.05, 0.1) is 19.0 Å². The molecule has 1 atom stereocenters. The number of amides is 1. The van der Waals surface area contributed by atoms with Crippen LogP contribution in [-0.2, 0) is 17.9 Å².